The highest BCUT2D eigenvalue weighted by Crippen LogP contribution is 2.44. The summed E-state index contributed by atoms with van der Waals surface area (Å²) >= 11 is 6.41. The van der Waals surface area contributed by atoms with Crippen molar-refractivity contribution in [2.45, 2.75) is 280 Å². The van der Waals surface area contributed by atoms with Crippen molar-refractivity contribution in [3.05, 3.63) is 0 Å². The van der Waals surface area contributed by atoms with Gasteiger partial charge in [-0.2, -0.15) is 13.2 Å². The summed E-state index contributed by atoms with van der Waals surface area (Å²) < 4.78 is 47.9. The van der Waals surface area contributed by atoms with Crippen LogP contribution in [0.15, 0.2) is 0 Å². The van der Waals surface area contributed by atoms with Crippen molar-refractivity contribution in [1.82, 2.24) is 60.0 Å². The van der Waals surface area contributed by atoms with E-state index in [1.165, 1.54) is 88.4 Å². The predicted octanol–water partition coefficient (Wildman–Crippen LogP) is 5.47. The van der Waals surface area contributed by atoms with Gasteiger partial charge >= 0.3 is 6.18 Å². The summed E-state index contributed by atoms with van der Waals surface area (Å²) in [5.41, 5.74) is -1.58. The van der Waals surface area contributed by atoms with Crippen molar-refractivity contribution in [3.63, 3.8) is 0 Å². The van der Waals surface area contributed by atoms with Crippen molar-refractivity contribution >= 4 is 82.5 Å². The van der Waals surface area contributed by atoms with Gasteiger partial charge in [-0.25, -0.2) is 0 Å². The molecule has 3 N–H and O–H groups in total. The number of ether oxygens (including phenoxy) is 1. The third-order valence-corrected chi connectivity index (χ3v) is 24.6. The van der Waals surface area contributed by atoms with Gasteiger partial charge in [0.15, 0.2) is 0 Å². The molecule has 3 saturated carbocycles. The number of nitrogens with zero attached hydrogens (tertiary/aromatic N) is 9. The molecule has 1 spiro atoms. The molecule has 102 heavy (non-hydrogen) atoms. The maximum absolute atomic E-state index is 15.6. The van der Waals surface area contributed by atoms with Gasteiger partial charge in [0.1, 0.15) is 59.9 Å². The van der Waals surface area contributed by atoms with E-state index in [0.717, 1.165) is 32.1 Å². The Hall–Kier alpha value is -6.32. The Morgan fingerprint density at radius 3 is 1.84 bits per heavy atom. The number of amides is 12. The van der Waals surface area contributed by atoms with E-state index in [0.29, 0.717) is 38.5 Å². The topological polar surface area (TPSA) is 279 Å². The van der Waals surface area contributed by atoms with Crippen LogP contribution in [0, 0.1) is 35.5 Å². The lowest BCUT2D eigenvalue weighted by Crippen LogP contribution is -2.65. The summed E-state index contributed by atoms with van der Waals surface area (Å²) in [6, 6.07) is -11.6. The molecule has 5 heterocycles. The van der Waals surface area contributed by atoms with Crippen molar-refractivity contribution in [2.24, 2.45) is 35.5 Å². The molecule has 2 bridgehead atoms. The molecule has 0 aromatic heterocycles. The molecule has 12 amide bonds. The highest BCUT2D eigenvalue weighted by Gasteiger charge is 2.53. The summed E-state index contributed by atoms with van der Waals surface area (Å²) in [7, 11) is 8.67. The van der Waals surface area contributed by atoms with E-state index in [-0.39, 0.29) is 127 Å². The second-order valence-electron chi connectivity index (χ2n) is 31.8. The average Bonchev–Trinajstić information content (AvgIpc) is 0.885. The van der Waals surface area contributed by atoms with Crippen molar-refractivity contribution in [3.8, 4) is 0 Å². The number of carbonyl (C=O) groups is 12. The average molecular weight is 1460 g/mol. The Balaban J connectivity index is 1.16. The van der Waals surface area contributed by atoms with Crippen LogP contribution >= 0.6 is 11.6 Å². The van der Waals surface area contributed by atoms with E-state index in [1.54, 1.807) is 25.7 Å². The molecule has 0 radical (unpaired) electrons. The summed E-state index contributed by atoms with van der Waals surface area (Å²) in [6.45, 7) is 12.5. The number of hydrogen-bond acceptors (Lipinski definition) is 13. The Labute approximate surface area is 605 Å². The zero-order valence-electron chi connectivity index (χ0n) is 62.5. The van der Waals surface area contributed by atoms with Gasteiger partial charge in [0, 0.05) is 60.8 Å². The number of halogens is 4. The number of hydrogen-bond donors (Lipinski definition) is 3. The lowest BCUT2D eigenvalue weighted by molar-refractivity contribution is -0.182. The third kappa shape index (κ3) is 18.3. The highest BCUT2D eigenvalue weighted by molar-refractivity contribution is 6.21. The molecule has 8 rings (SSSR count). The molecule has 0 aromatic rings. The third-order valence-electron chi connectivity index (χ3n) is 24.1. The smallest absolute Gasteiger partial charge is 0.377 e. The van der Waals surface area contributed by atoms with Crippen molar-refractivity contribution in [2.75, 3.05) is 75.1 Å². The number of rotatable bonds is 11. The molecule has 5 saturated heterocycles. The summed E-state index contributed by atoms with van der Waals surface area (Å²) in [4.78, 5) is 193. The lowest BCUT2D eigenvalue weighted by Gasteiger charge is -2.45. The Bertz CT molecular complexity index is 3040. The van der Waals surface area contributed by atoms with Gasteiger partial charge in [-0.3, -0.25) is 57.5 Å². The molecular weight excluding hydrogens is 1350 g/mol. The Morgan fingerprint density at radius 2 is 1.26 bits per heavy atom. The van der Waals surface area contributed by atoms with Crippen LogP contribution in [0.4, 0.5) is 13.2 Å². The van der Waals surface area contributed by atoms with Crippen LogP contribution < -0.4 is 16.0 Å². The van der Waals surface area contributed by atoms with Gasteiger partial charge in [0.05, 0.1) is 44.2 Å². The van der Waals surface area contributed by atoms with Crippen LogP contribution in [0.2, 0.25) is 0 Å². The Morgan fingerprint density at radius 1 is 0.627 bits per heavy atom. The zero-order valence-corrected chi connectivity index (χ0v) is 63.3. The monoisotopic (exact) mass is 1460 g/mol. The standard InChI is InChI=1S/C73H116ClF3N12O13/c1-14-44(6)60-69(99)82(9)45(7)64(94)88-34-30-54(88)67(97)84(11)56(37-46-21-16-15-17-22-46)66(96)81(8)39-58(90)78-52(29-25-47-24-28-50(51(74)36-47)73(75,76)77)65(95)87-33-20-23-53(87)63(93)80-72(31-18-19-32-72)71(101)86(13)61(43(4)5)70(100)85(12)57(68(98)89-48-26-27-49(89)41-102-40-48)38-59(91)83(10)55(35-42(2)3)62(92)79-60/h42-57,60-61H,14-41H2,1-13H3,(H,78,90)(H,79,92)(H,80,93)/t44-,45-,47?,48?,49?,50?,51?,52-,53-,54-,55-,56-,57-,60-,61-/m0/s1. The fourth-order valence-corrected chi connectivity index (χ4v) is 17.8. The van der Waals surface area contributed by atoms with Gasteiger partial charge < -0.3 is 64.8 Å². The minimum atomic E-state index is -4.51. The second-order valence-corrected chi connectivity index (χ2v) is 32.4. The normalized spacial score (nSPS) is 32.5. The van der Waals surface area contributed by atoms with Crippen LogP contribution in [-0.4, -0.2) is 274 Å². The van der Waals surface area contributed by atoms with Gasteiger partial charge in [-0.1, -0.05) is 92.9 Å². The molecule has 3 aliphatic carbocycles. The van der Waals surface area contributed by atoms with E-state index in [4.69, 9.17) is 16.3 Å². The summed E-state index contributed by atoms with van der Waals surface area (Å²) in [6.07, 6.45) is 3.45. The molecule has 0 aromatic carbocycles. The molecule has 25 nitrogen and oxygen atoms in total. The molecule has 5 unspecified atom stereocenters. The fraction of sp³-hybridized carbons (Fsp3) is 0.836. The SMILES string of the molecule is CC[C@H](C)[C@@H]1NC(=O)[C@H](CC(C)C)N(C)C(=O)C[C@@H](C(=O)N2C3CCC2COC3)N(C)C(=O)[C@H](C(C)C)N(C)C(=O)C2(CCCC2)NC(=O)[C@@H]2CCCN2C(=O)[C@H](CCC2CCC(C(F)(F)F)C(Cl)C2)NC(=O)CN(C)C(=O)[C@H](CC2CCCCC2)N(C)C(=O)[C@@H]2CCN2C(=O)[C@H](C)N(C)C1=O. The number of carbonyl (C=O) groups excluding carboxylic acids is 12. The quantitative estimate of drug-likeness (QED) is 0.217. The van der Waals surface area contributed by atoms with Crippen LogP contribution in [0.1, 0.15) is 196 Å². The first-order valence-electron chi connectivity index (χ1n) is 37.7. The molecule has 8 fully saturated rings. The maximum atomic E-state index is 15.6. The van der Waals surface area contributed by atoms with Gasteiger partial charge in [-0.15, -0.1) is 11.6 Å². The van der Waals surface area contributed by atoms with E-state index >= 15 is 38.4 Å². The minimum absolute atomic E-state index is 0.00225. The van der Waals surface area contributed by atoms with Gasteiger partial charge in [0.25, 0.3) is 0 Å². The molecule has 29 heteroatoms. The number of fused-ring (bicyclic) bond motifs is 4. The fourth-order valence-electron chi connectivity index (χ4n) is 17.3. The van der Waals surface area contributed by atoms with Gasteiger partial charge in [0.2, 0.25) is 70.9 Å². The molecule has 574 valence electrons. The largest absolute Gasteiger partial charge is 0.393 e. The highest BCUT2D eigenvalue weighted by atomic mass is 35.5. The van der Waals surface area contributed by atoms with E-state index in [9.17, 15) is 32.3 Å². The first-order chi connectivity index (χ1) is 48.0. The van der Waals surface area contributed by atoms with E-state index in [2.05, 4.69) is 16.0 Å². The Kier molecular flexibility index (Phi) is 27.7. The van der Waals surface area contributed by atoms with Crippen molar-refractivity contribution < 1.29 is 75.4 Å². The first-order valence-corrected chi connectivity index (χ1v) is 38.2. The molecule has 15 atom stereocenters. The minimum Gasteiger partial charge on any atom is -0.377 e. The number of likely N-dealkylation sites (N-methyl/N-ethyl adjacent to an activating group) is 6. The second kappa shape index (κ2) is 34.7. The summed E-state index contributed by atoms with van der Waals surface area (Å²) in [5.74, 6) is -10.8. The molecular formula is C73H116ClF3N12O13. The maximum Gasteiger partial charge on any atom is 0.393 e. The van der Waals surface area contributed by atoms with Crippen LogP contribution in [0.3, 0.4) is 0 Å². The molecule has 8 aliphatic rings. The van der Waals surface area contributed by atoms with E-state index in [1.807, 2.05) is 20.8 Å². The summed E-state index contributed by atoms with van der Waals surface area (Å²) in [5, 5.41) is 7.62. The van der Waals surface area contributed by atoms with E-state index < -0.39 is 173 Å². The predicted molar refractivity (Wildman–Crippen MR) is 374 cm³/mol. The first kappa shape index (κ1) is 81.4. The number of alkyl halides is 4. The van der Waals surface area contributed by atoms with Crippen LogP contribution in [-0.2, 0) is 62.3 Å². The van der Waals surface area contributed by atoms with Crippen molar-refractivity contribution in [1.29, 1.82) is 0 Å². The van der Waals surface area contributed by atoms with Crippen LogP contribution in [0.5, 0.6) is 0 Å². The zero-order chi connectivity index (χ0) is 75.1. The lowest BCUT2D eigenvalue weighted by atomic mass is 9.78. The molecule has 5 aliphatic heterocycles. The van der Waals surface area contributed by atoms with Crippen LogP contribution in [0.25, 0.3) is 0 Å². The number of nitrogens with one attached hydrogen (secondary N) is 3. The number of morpholine rings is 1. The van der Waals surface area contributed by atoms with Gasteiger partial charge in [-0.05, 0) is 126 Å².